The van der Waals surface area contributed by atoms with E-state index in [1.807, 2.05) is 44.7 Å². The molecule has 1 amide bonds. The van der Waals surface area contributed by atoms with Crippen LogP contribution < -0.4 is 10.6 Å². The van der Waals surface area contributed by atoms with E-state index in [0.717, 1.165) is 67.5 Å². The molecule has 0 saturated carbocycles. The van der Waals surface area contributed by atoms with Gasteiger partial charge in [-0.15, -0.1) is 0 Å². The molecule has 8 nitrogen and oxygen atoms in total. The van der Waals surface area contributed by atoms with Crippen LogP contribution in [0, 0.1) is 5.92 Å². The number of Topliss-reactive ketones (excluding diaryl/α,β-unsaturated/α-hetero) is 1. The van der Waals surface area contributed by atoms with Crippen molar-refractivity contribution >= 4 is 24.4 Å². The molecule has 0 radical (unpaired) electrons. The largest absolute Gasteiger partial charge is 0.351 e. The number of aromatic nitrogens is 2. The van der Waals surface area contributed by atoms with Gasteiger partial charge in [0.2, 0.25) is 5.96 Å². The number of guanidine groups is 1. The Hall–Kier alpha value is -3.03. The van der Waals surface area contributed by atoms with Gasteiger partial charge in [0.15, 0.2) is 5.69 Å². The van der Waals surface area contributed by atoms with Gasteiger partial charge in [-0.05, 0) is 65.7 Å². The molecular formula is C28H44N6O2. The minimum absolute atomic E-state index is 0.108. The van der Waals surface area contributed by atoms with Crippen LogP contribution in [-0.2, 0) is 23.8 Å². The SMILES string of the molecule is C=NC(=NC1(CC)CCCCc2c(C(=O)NCCCC)nn(C)c21)NC(/C=C\C(C)C(C)=O)=C(C)C. The molecule has 0 fully saturated rings. The summed E-state index contributed by atoms with van der Waals surface area (Å²) in [6.45, 7) is 16.1. The van der Waals surface area contributed by atoms with Gasteiger partial charge in [0.1, 0.15) is 11.3 Å². The van der Waals surface area contributed by atoms with Crippen LogP contribution in [0.1, 0.15) is 102 Å². The maximum Gasteiger partial charge on any atom is 0.272 e. The first-order valence-electron chi connectivity index (χ1n) is 13.1. The summed E-state index contributed by atoms with van der Waals surface area (Å²) in [4.78, 5) is 34.0. The van der Waals surface area contributed by atoms with E-state index in [-0.39, 0.29) is 17.6 Å². The zero-order valence-corrected chi connectivity index (χ0v) is 23.2. The Balaban J connectivity index is 2.51. The number of aliphatic imine (C=N–C) groups is 2. The number of unbranched alkanes of at least 4 members (excludes halogenated alkanes) is 1. The smallest absolute Gasteiger partial charge is 0.272 e. The van der Waals surface area contributed by atoms with E-state index in [0.29, 0.717) is 18.2 Å². The number of ketones is 1. The molecule has 36 heavy (non-hydrogen) atoms. The van der Waals surface area contributed by atoms with Gasteiger partial charge >= 0.3 is 0 Å². The summed E-state index contributed by atoms with van der Waals surface area (Å²) in [5.74, 6) is 0.224. The first-order valence-corrected chi connectivity index (χ1v) is 13.1. The molecule has 0 saturated heterocycles. The van der Waals surface area contributed by atoms with Crippen LogP contribution in [0.5, 0.6) is 0 Å². The van der Waals surface area contributed by atoms with Crippen LogP contribution in [0.3, 0.4) is 0 Å². The number of hydrogen-bond acceptors (Lipinski definition) is 4. The third-order valence-electron chi connectivity index (χ3n) is 6.92. The molecule has 2 atom stereocenters. The normalized spacial score (nSPS) is 18.8. The van der Waals surface area contributed by atoms with Crippen molar-refractivity contribution in [2.75, 3.05) is 6.54 Å². The van der Waals surface area contributed by atoms with Crippen molar-refractivity contribution < 1.29 is 9.59 Å². The maximum absolute atomic E-state index is 13.0. The second-order valence-electron chi connectivity index (χ2n) is 9.89. The van der Waals surface area contributed by atoms with Crippen LogP contribution in [-0.4, -0.2) is 40.7 Å². The van der Waals surface area contributed by atoms with E-state index in [1.54, 1.807) is 6.92 Å². The zero-order valence-electron chi connectivity index (χ0n) is 23.2. The number of carbonyl (C=O) groups is 2. The van der Waals surface area contributed by atoms with E-state index in [4.69, 9.17) is 4.99 Å². The van der Waals surface area contributed by atoms with E-state index in [1.165, 1.54) is 0 Å². The average Bonchev–Trinajstić information content (AvgIpc) is 3.06. The minimum Gasteiger partial charge on any atom is -0.351 e. The van der Waals surface area contributed by atoms with E-state index < -0.39 is 5.54 Å². The Labute approximate surface area is 216 Å². The summed E-state index contributed by atoms with van der Waals surface area (Å²) < 4.78 is 1.83. The molecule has 2 N–H and O–H groups in total. The lowest BCUT2D eigenvalue weighted by Crippen LogP contribution is -2.31. The molecule has 0 bridgehead atoms. The predicted octanol–water partition coefficient (Wildman–Crippen LogP) is 5.00. The van der Waals surface area contributed by atoms with Gasteiger partial charge in [-0.1, -0.05) is 45.3 Å². The van der Waals surface area contributed by atoms with E-state index in [2.05, 4.69) is 41.3 Å². The van der Waals surface area contributed by atoms with Gasteiger partial charge in [0, 0.05) is 30.8 Å². The Morgan fingerprint density at radius 3 is 2.56 bits per heavy atom. The lowest BCUT2D eigenvalue weighted by Gasteiger charge is -2.29. The van der Waals surface area contributed by atoms with Crippen LogP contribution in [0.15, 0.2) is 33.4 Å². The van der Waals surface area contributed by atoms with Crippen molar-refractivity contribution in [2.45, 2.75) is 92.0 Å². The van der Waals surface area contributed by atoms with Gasteiger partial charge in [0.25, 0.3) is 5.91 Å². The number of aryl methyl sites for hydroxylation is 1. The Morgan fingerprint density at radius 2 is 1.97 bits per heavy atom. The zero-order chi connectivity index (χ0) is 26.9. The highest BCUT2D eigenvalue weighted by Gasteiger charge is 2.39. The number of hydrogen-bond donors (Lipinski definition) is 2. The molecule has 1 heterocycles. The van der Waals surface area contributed by atoms with Crippen molar-refractivity contribution in [1.82, 2.24) is 20.4 Å². The van der Waals surface area contributed by atoms with Gasteiger partial charge in [-0.3, -0.25) is 14.3 Å². The average molecular weight is 497 g/mol. The number of amides is 1. The van der Waals surface area contributed by atoms with Crippen LogP contribution >= 0.6 is 0 Å². The van der Waals surface area contributed by atoms with Crippen molar-refractivity contribution in [3.8, 4) is 0 Å². The number of nitrogens with zero attached hydrogens (tertiary/aromatic N) is 4. The number of nitrogens with one attached hydrogen (secondary N) is 2. The van der Waals surface area contributed by atoms with Crippen molar-refractivity contribution in [3.05, 3.63) is 40.4 Å². The summed E-state index contributed by atoms with van der Waals surface area (Å²) in [6, 6.07) is 0. The molecular weight excluding hydrogens is 452 g/mol. The van der Waals surface area contributed by atoms with Crippen molar-refractivity contribution in [2.24, 2.45) is 23.0 Å². The van der Waals surface area contributed by atoms with Gasteiger partial charge in [0.05, 0.1) is 5.69 Å². The van der Waals surface area contributed by atoms with Crippen molar-refractivity contribution in [1.29, 1.82) is 0 Å². The highest BCUT2D eigenvalue weighted by molar-refractivity contribution is 5.94. The summed E-state index contributed by atoms with van der Waals surface area (Å²) in [5, 5.41) is 11.0. The van der Waals surface area contributed by atoms with Crippen LogP contribution in [0.4, 0.5) is 0 Å². The molecule has 1 aromatic heterocycles. The number of allylic oxidation sites excluding steroid dienone is 3. The molecule has 0 aliphatic heterocycles. The fourth-order valence-corrected chi connectivity index (χ4v) is 4.54. The lowest BCUT2D eigenvalue weighted by atomic mass is 9.86. The van der Waals surface area contributed by atoms with Gasteiger partial charge < -0.3 is 10.6 Å². The standard InChI is InChI=1S/C28H44N6O2/c1-9-11-18-30-26(36)24-22-14-12-13-17-28(10-2,25(22)34(8)33-24)32-27(29-7)31-23(19(3)4)16-15-20(5)21(6)35/h15-16,20H,7,9-14,17-18H2,1-6,8H3,(H,30,36)(H,31,32)/b16-15-. The molecule has 2 unspecified atom stereocenters. The first-order chi connectivity index (χ1) is 17.1. The lowest BCUT2D eigenvalue weighted by molar-refractivity contribution is -0.118. The van der Waals surface area contributed by atoms with E-state index in [9.17, 15) is 9.59 Å². The molecule has 198 valence electrons. The molecule has 8 heteroatoms. The third-order valence-corrected chi connectivity index (χ3v) is 6.92. The fourth-order valence-electron chi connectivity index (χ4n) is 4.54. The molecule has 1 aliphatic rings. The molecule has 2 rings (SSSR count). The number of fused-ring (bicyclic) bond motifs is 1. The molecule has 0 aromatic carbocycles. The monoisotopic (exact) mass is 496 g/mol. The third kappa shape index (κ3) is 7.02. The quantitative estimate of drug-likeness (QED) is 0.156. The topological polar surface area (TPSA) is 101 Å². The Kier molecular flexibility index (Phi) is 10.8. The second kappa shape index (κ2) is 13.3. The number of carbonyl (C=O) groups excluding carboxylic acids is 2. The van der Waals surface area contributed by atoms with Crippen LogP contribution in [0.25, 0.3) is 0 Å². The Bertz CT molecular complexity index is 1040. The fraction of sp³-hybridized carbons (Fsp3) is 0.607. The number of rotatable bonds is 10. The summed E-state index contributed by atoms with van der Waals surface area (Å²) in [6.07, 6.45) is 10.1. The van der Waals surface area contributed by atoms with Crippen LogP contribution in [0.2, 0.25) is 0 Å². The highest BCUT2D eigenvalue weighted by Crippen LogP contribution is 2.41. The summed E-state index contributed by atoms with van der Waals surface area (Å²) in [5.41, 5.74) is 3.75. The highest BCUT2D eigenvalue weighted by atomic mass is 16.2. The van der Waals surface area contributed by atoms with E-state index >= 15 is 0 Å². The molecule has 1 aromatic rings. The summed E-state index contributed by atoms with van der Waals surface area (Å²) in [7, 11) is 1.90. The predicted molar refractivity (Wildman–Crippen MR) is 147 cm³/mol. The van der Waals surface area contributed by atoms with Gasteiger partial charge in [-0.2, -0.15) is 5.10 Å². The Morgan fingerprint density at radius 1 is 1.25 bits per heavy atom. The molecule has 0 spiro atoms. The second-order valence-corrected chi connectivity index (χ2v) is 9.89. The van der Waals surface area contributed by atoms with Crippen molar-refractivity contribution in [3.63, 3.8) is 0 Å². The minimum atomic E-state index is -0.581. The van der Waals surface area contributed by atoms with Gasteiger partial charge in [-0.25, -0.2) is 9.98 Å². The maximum atomic E-state index is 13.0. The summed E-state index contributed by atoms with van der Waals surface area (Å²) >= 11 is 0. The first kappa shape index (κ1) is 29.2. The molecule has 1 aliphatic carbocycles.